The lowest BCUT2D eigenvalue weighted by Gasteiger charge is -2.16. The SMILES string of the molecule is Cc1cc(Nc2ccccc2)ccc1OCC(C)OC(=O)CCSCCSCCC(=O)O. The molecular weight excluding hydrogens is 446 g/mol. The van der Waals surface area contributed by atoms with Crippen molar-refractivity contribution in [2.75, 3.05) is 34.9 Å². The molecular formula is C24H31NO5S2. The molecule has 8 heteroatoms. The lowest BCUT2D eigenvalue weighted by molar-refractivity contribution is -0.149. The summed E-state index contributed by atoms with van der Waals surface area (Å²) < 4.78 is 11.3. The van der Waals surface area contributed by atoms with Crippen molar-refractivity contribution in [3.05, 3.63) is 54.1 Å². The fourth-order valence-corrected chi connectivity index (χ4v) is 4.72. The summed E-state index contributed by atoms with van der Waals surface area (Å²) in [6.07, 6.45) is 0.212. The molecule has 2 N–H and O–H groups in total. The third kappa shape index (κ3) is 10.8. The molecule has 6 nitrogen and oxygen atoms in total. The van der Waals surface area contributed by atoms with E-state index in [0.717, 1.165) is 34.2 Å². The van der Waals surface area contributed by atoms with Gasteiger partial charge in [-0.15, -0.1) is 0 Å². The van der Waals surface area contributed by atoms with Crippen molar-refractivity contribution in [3.63, 3.8) is 0 Å². The van der Waals surface area contributed by atoms with Gasteiger partial charge in [-0.1, -0.05) is 18.2 Å². The van der Waals surface area contributed by atoms with Gasteiger partial charge in [-0.05, 0) is 49.7 Å². The molecule has 0 amide bonds. The zero-order valence-electron chi connectivity index (χ0n) is 18.5. The Morgan fingerprint density at radius 3 is 2.31 bits per heavy atom. The molecule has 0 spiro atoms. The van der Waals surface area contributed by atoms with Crippen molar-refractivity contribution in [2.45, 2.75) is 32.8 Å². The molecule has 0 aliphatic rings. The molecule has 1 atom stereocenters. The summed E-state index contributed by atoms with van der Waals surface area (Å²) in [5, 5.41) is 11.9. The third-order valence-corrected chi connectivity index (χ3v) is 6.56. The average molecular weight is 478 g/mol. The Morgan fingerprint density at radius 1 is 0.969 bits per heavy atom. The minimum absolute atomic E-state index is 0.190. The minimum atomic E-state index is -0.766. The molecule has 0 saturated carbocycles. The normalized spacial score (nSPS) is 11.6. The van der Waals surface area contributed by atoms with Crippen LogP contribution in [0.25, 0.3) is 0 Å². The van der Waals surface area contributed by atoms with Gasteiger partial charge in [-0.25, -0.2) is 0 Å². The fourth-order valence-electron chi connectivity index (χ4n) is 2.74. The second-order valence-corrected chi connectivity index (χ2v) is 9.65. The van der Waals surface area contributed by atoms with Crippen molar-refractivity contribution in [2.24, 2.45) is 0 Å². The van der Waals surface area contributed by atoms with Crippen LogP contribution >= 0.6 is 23.5 Å². The summed E-state index contributed by atoms with van der Waals surface area (Å²) >= 11 is 3.29. The second kappa shape index (κ2) is 14.7. The smallest absolute Gasteiger partial charge is 0.307 e. The van der Waals surface area contributed by atoms with Crippen LogP contribution in [0.3, 0.4) is 0 Å². The van der Waals surface area contributed by atoms with Gasteiger partial charge in [0.2, 0.25) is 0 Å². The highest BCUT2D eigenvalue weighted by atomic mass is 32.2. The first-order valence-corrected chi connectivity index (χ1v) is 12.9. The maximum atomic E-state index is 12.0. The first kappa shape index (κ1) is 25.9. The number of hydrogen-bond donors (Lipinski definition) is 2. The Morgan fingerprint density at radius 2 is 1.66 bits per heavy atom. The first-order valence-electron chi connectivity index (χ1n) is 10.6. The predicted molar refractivity (Wildman–Crippen MR) is 133 cm³/mol. The number of hydrogen-bond acceptors (Lipinski definition) is 7. The zero-order chi connectivity index (χ0) is 23.2. The third-order valence-electron chi connectivity index (χ3n) is 4.33. The summed E-state index contributed by atoms with van der Waals surface area (Å²) in [6, 6.07) is 15.9. The number of rotatable bonds is 15. The van der Waals surface area contributed by atoms with E-state index in [9.17, 15) is 9.59 Å². The largest absolute Gasteiger partial charge is 0.489 e. The highest BCUT2D eigenvalue weighted by molar-refractivity contribution is 8.02. The number of aryl methyl sites for hydroxylation is 1. The molecule has 32 heavy (non-hydrogen) atoms. The zero-order valence-corrected chi connectivity index (χ0v) is 20.2. The molecule has 0 heterocycles. The maximum absolute atomic E-state index is 12.0. The van der Waals surface area contributed by atoms with E-state index in [1.165, 1.54) is 0 Å². The number of para-hydroxylation sites is 1. The average Bonchev–Trinajstić information content (AvgIpc) is 2.75. The van der Waals surface area contributed by atoms with Crippen LogP contribution in [0.1, 0.15) is 25.3 Å². The van der Waals surface area contributed by atoms with Gasteiger partial charge in [0, 0.05) is 34.4 Å². The summed E-state index contributed by atoms with van der Waals surface area (Å²) in [4.78, 5) is 22.4. The summed E-state index contributed by atoms with van der Waals surface area (Å²) in [7, 11) is 0. The molecule has 1 unspecified atom stereocenters. The quantitative estimate of drug-likeness (QED) is 0.261. The summed E-state index contributed by atoms with van der Waals surface area (Å²) in [5.41, 5.74) is 3.01. The molecule has 0 fully saturated rings. The van der Waals surface area contributed by atoms with Crippen LogP contribution in [0.4, 0.5) is 11.4 Å². The van der Waals surface area contributed by atoms with E-state index in [4.69, 9.17) is 14.6 Å². The van der Waals surface area contributed by atoms with Crippen molar-refractivity contribution in [1.29, 1.82) is 0 Å². The standard InChI is InChI=1S/C24H31NO5S2/c1-18-16-21(25-20-6-4-3-5-7-20)8-9-22(18)29-17-19(2)30-24(28)11-13-32-15-14-31-12-10-23(26)27/h3-9,16,19,25H,10-15,17H2,1-2H3,(H,26,27). The van der Waals surface area contributed by atoms with E-state index >= 15 is 0 Å². The van der Waals surface area contributed by atoms with Crippen molar-refractivity contribution < 1.29 is 24.2 Å². The van der Waals surface area contributed by atoms with Gasteiger partial charge in [0.1, 0.15) is 18.5 Å². The van der Waals surface area contributed by atoms with Crippen LogP contribution in [0.2, 0.25) is 0 Å². The number of carboxylic acids is 1. The fraction of sp³-hybridized carbons (Fsp3) is 0.417. The summed E-state index contributed by atoms with van der Waals surface area (Å²) in [5.74, 6) is 2.87. The van der Waals surface area contributed by atoms with Crippen molar-refractivity contribution in [3.8, 4) is 5.75 Å². The Labute approximate surface area is 198 Å². The van der Waals surface area contributed by atoms with E-state index < -0.39 is 5.97 Å². The molecule has 2 rings (SSSR count). The highest BCUT2D eigenvalue weighted by Gasteiger charge is 2.11. The van der Waals surface area contributed by atoms with E-state index in [2.05, 4.69) is 5.32 Å². The molecule has 0 aliphatic carbocycles. The molecule has 0 radical (unpaired) electrons. The number of benzene rings is 2. The predicted octanol–water partition coefficient (Wildman–Crippen LogP) is 5.38. The van der Waals surface area contributed by atoms with Crippen molar-refractivity contribution >= 4 is 46.8 Å². The molecule has 174 valence electrons. The second-order valence-electron chi connectivity index (χ2n) is 7.20. The Bertz CT molecular complexity index is 848. The molecule has 2 aromatic rings. The van der Waals surface area contributed by atoms with Gasteiger partial charge < -0.3 is 19.9 Å². The van der Waals surface area contributed by atoms with E-state index in [0.29, 0.717) is 24.5 Å². The Balaban J connectivity index is 1.61. The topological polar surface area (TPSA) is 84.9 Å². The Hall–Kier alpha value is -2.32. The summed E-state index contributed by atoms with van der Waals surface area (Å²) in [6.45, 7) is 4.11. The molecule has 0 saturated heterocycles. The van der Waals surface area contributed by atoms with E-state index in [1.54, 1.807) is 23.5 Å². The number of carbonyl (C=O) groups is 2. The van der Waals surface area contributed by atoms with Crippen LogP contribution in [-0.4, -0.2) is 52.8 Å². The van der Waals surface area contributed by atoms with Gasteiger partial charge in [0.15, 0.2) is 0 Å². The number of ether oxygens (including phenoxy) is 2. The maximum Gasteiger partial charge on any atom is 0.307 e. The van der Waals surface area contributed by atoms with E-state index in [1.807, 2.05) is 62.4 Å². The minimum Gasteiger partial charge on any atom is -0.489 e. The van der Waals surface area contributed by atoms with Crippen LogP contribution in [0.15, 0.2) is 48.5 Å². The van der Waals surface area contributed by atoms with Gasteiger partial charge in [0.05, 0.1) is 12.8 Å². The molecule has 0 aromatic heterocycles. The number of nitrogens with one attached hydrogen (secondary N) is 1. The van der Waals surface area contributed by atoms with Crippen molar-refractivity contribution in [1.82, 2.24) is 0 Å². The number of anilines is 2. The number of esters is 1. The van der Waals surface area contributed by atoms with Gasteiger partial charge in [-0.2, -0.15) is 23.5 Å². The first-order chi connectivity index (χ1) is 15.4. The lowest BCUT2D eigenvalue weighted by atomic mass is 10.2. The number of carbonyl (C=O) groups excluding carboxylic acids is 1. The molecule has 2 aromatic carbocycles. The monoisotopic (exact) mass is 477 g/mol. The molecule has 0 aliphatic heterocycles. The molecule has 0 bridgehead atoms. The van der Waals surface area contributed by atoms with Gasteiger partial charge in [-0.3, -0.25) is 9.59 Å². The highest BCUT2D eigenvalue weighted by Crippen LogP contribution is 2.24. The van der Waals surface area contributed by atoms with Crippen LogP contribution in [0.5, 0.6) is 5.75 Å². The van der Waals surface area contributed by atoms with Gasteiger partial charge >= 0.3 is 11.9 Å². The number of aliphatic carboxylic acids is 1. The number of thioether (sulfide) groups is 2. The number of carboxylic acid groups (broad SMARTS) is 1. The van der Waals surface area contributed by atoms with Crippen LogP contribution < -0.4 is 10.1 Å². The van der Waals surface area contributed by atoms with E-state index in [-0.39, 0.29) is 18.5 Å². The van der Waals surface area contributed by atoms with Gasteiger partial charge in [0.25, 0.3) is 0 Å². The Kier molecular flexibility index (Phi) is 11.9. The lowest BCUT2D eigenvalue weighted by Crippen LogP contribution is -2.22. The van der Waals surface area contributed by atoms with Crippen LogP contribution in [-0.2, 0) is 14.3 Å². The van der Waals surface area contributed by atoms with Crippen LogP contribution in [0, 0.1) is 6.92 Å².